The van der Waals surface area contributed by atoms with Gasteiger partial charge in [-0.15, -0.1) is 0 Å². The summed E-state index contributed by atoms with van der Waals surface area (Å²) in [6.45, 7) is 3.87. The fraction of sp³-hybridized carbons (Fsp3) is 0.105. The number of hydrogen-bond donors (Lipinski definition) is 1. The molecule has 0 aliphatic rings. The molecule has 0 aliphatic carbocycles. The molecule has 126 valence electrons. The number of carbonyl (C=O) groups excluding carboxylic acids is 1. The Labute approximate surface area is 150 Å². The number of hydrazone groups is 1. The maximum Gasteiger partial charge on any atom is 0.271 e. The van der Waals surface area contributed by atoms with Gasteiger partial charge in [-0.25, -0.2) is 10.1 Å². The molecule has 1 aromatic heterocycles. The Morgan fingerprint density at radius 1 is 1.12 bits per heavy atom. The zero-order chi connectivity index (χ0) is 17.8. The standard InChI is InChI=1S/C19H17ClN4O/c1-13-8-10-15(11-9-13)19(25)22-21-12-17-14(2)24(23-18(17)20)16-6-4-3-5-7-16/h3-12H,1-2H3,(H,22,25)/b21-12-. The van der Waals surface area contributed by atoms with E-state index in [1.165, 1.54) is 6.21 Å². The third-order valence-electron chi connectivity index (χ3n) is 3.79. The summed E-state index contributed by atoms with van der Waals surface area (Å²) < 4.78 is 1.74. The van der Waals surface area contributed by atoms with Gasteiger partial charge in [-0.2, -0.15) is 10.2 Å². The number of nitrogens with zero attached hydrogens (tertiary/aromatic N) is 3. The summed E-state index contributed by atoms with van der Waals surface area (Å²) in [5, 5.41) is 8.66. The first-order valence-electron chi connectivity index (χ1n) is 7.77. The van der Waals surface area contributed by atoms with Crippen LogP contribution in [0.4, 0.5) is 0 Å². The molecule has 5 nitrogen and oxygen atoms in total. The molecular formula is C19H17ClN4O. The van der Waals surface area contributed by atoms with E-state index >= 15 is 0 Å². The van der Waals surface area contributed by atoms with Crippen LogP contribution in [0.25, 0.3) is 5.69 Å². The van der Waals surface area contributed by atoms with Crippen LogP contribution < -0.4 is 5.43 Å². The molecule has 2 aromatic carbocycles. The number of carbonyl (C=O) groups is 1. The molecular weight excluding hydrogens is 336 g/mol. The third-order valence-corrected chi connectivity index (χ3v) is 4.07. The van der Waals surface area contributed by atoms with Gasteiger partial charge in [0.05, 0.1) is 23.2 Å². The van der Waals surface area contributed by atoms with Gasteiger partial charge < -0.3 is 0 Å². The summed E-state index contributed by atoms with van der Waals surface area (Å²) in [6.07, 6.45) is 1.51. The van der Waals surface area contributed by atoms with E-state index in [1.807, 2.05) is 56.3 Å². The summed E-state index contributed by atoms with van der Waals surface area (Å²) in [5.41, 5.74) is 6.55. The molecule has 0 saturated heterocycles. The van der Waals surface area contributed by atoms with Crippen LogP contribution >= 0.6 is 11.6 Å². The molecule has 0 unspecified atom stereocenters. The number of rotatable bonds is 4. The first-order valence-corrected chi connectivity index (χ1v) is 8.14. The van der Waals surface area contributed by atoms with Crippen molar-refractivity contribution in [1.82, 2.24) is 15.2 Å². The van der Waals surface area contributed by atoms with E-state index in [9.17, 15) is 4.79 Å². The molecule has 0 bridgehead atoms. The van der Waals surface area contributed by atoms with Gasteiger partial charge in [0.1, 0.15) is 0 Å². The SMILES string of the molecule is Cc1ccc(C(=O)N/N=C\c2c(Cl)nn(-c3ccccc3)c2C)cc1. The lowest BCUT2D eigenvalue weighted by Crippen LogP contribution is -2.17. The predicted octanol–water partition coefficient (Wildman–Crippen LogP) is 3.91. The van der Waals surface area contributed by atoms with Gasteiger partial charge in [0, 0.05) is 5.56 Å². The fourth-order valence-electron chi connectivity index (χ4n) is 2.37. The summed E-state index contributed by atoms with van der Waals surface area (Å²) in [5.74, 6) is -0.277. The van der Waals surface area contributed by atoms with E-state index in [1.54, 1.807) is 16.8 Å². The molecule has 0 aliphatic heterocycles. The van der Waals surface area contributed by atoms with Crippen LogP contribution in [-0.2, 0) is 0 Å². The van der Waals surface area contributed by atoms with Crippen molar-refractivity contribution >= 4 is 23.7 Å². The van der Waals surface area contributed by atoms with E-state index in [-0.39, 0.29) is 5.91 Å². The maximum atomic E-state index is 12.1. The number of para-hydroxylation sites is 1. The lowest BCUT2D eigenvalue weighted by atomic mass is 10.1. The third kappa shape index (κ3) is 3.78. The molecule has 1 N–H and O–H groups in total. The molecule has 0 fully saturated rings. The molecule has 0 saturated carbocycles. The molecule has 6 heteroatoms. The second-order valence-corrected chi connectivity index (χ2v) is 5.96. The highest BCUT2D eigenvalue weighted by Gasteiger charge is 2.12. The minimum absolute atomic E-state index is 0.277. The van der Waals surface area contributed by atoms with E-state index in [0.717, 1.165) is 16.9 Å². The topological polar surface area (TPSA) is 59.3 Å². The Morgan fingerprint density at radius 2 is 1.80 bits per heavy atom. The molecule has 1 heterocycles. The Bertz CT molecular complexity index is 915. The van der Waals surface area contributed by atoms with Crippen LogP contribution in [0.5, 0.6) is 0 Å². The van der Waals surface area contributed by atoms with Crippen LogP contribution in [0.3, 0.4) is 0 Å². The average Bonchev–Trinajstić information content (AvgIpc) is 2.91. The summed E-state index contributed by atoms with van der Waals surface area (Å²) in [7, 11) is 0. The molecule has 0 atom stereocenters. The fourth-order valence-corrected chi connectivity index (χ4v) is 2.63. The van der Waals surface area contributed by atoms with E-state index < -0.39 is 0 Å². The van der Waals surface area contributed by atoms with E-state index in [0.29, 0.717) is 16.3 Å². The Balaban J connectivity index is 1.77. The van der Waals surface area contributed by atoms with Crippen molar-refractivity contribution in [3.8, 4) is 5.69 Å². The van der Waals surface area contributed by atoms with Crippen molar-refractivity contribution < 1.29 is 4.79 Å². The zero-order valence-electron chi connectivity index (χ0n) is 13.9. The van der Waals surface area contributed by atoms with Crippen LogP contribution in [-0.4, -0.2) is 21.9 Å². The Hall–Kier alpha value is -2.92. The summed E-state index contributed by atoms with van der Waals surface area (Å²) >= 11 is 6.21. The summed E-state index contributed by atoms with van der Waals surface area (Å²) in [6, 6.07) is 16.9. The van der Waals surface area contributed by atoms with Crippen molar-refractivity contribution in [2.45, 2.75) is 13.8 Å². The number of benzene rings is 2. The van der Waals surface area contributed by atoms with E-state index in [4.69, 9.17) is 11.6 Å². The van der Waals surface area contributed by atoms with Crippen molar-refractivity contribution in [3.05, 3.63) is 82.1 Å². The normalized spacial score (nSPS) is 11.0. The van der Waals surface area contributed by atoms with Crippen LogP contribution in [0.15, 0.2) is 59.7 Å². The van der Waals surface area contributed by atoms with Crippen LogP contribution in [0.1, 0.15) is 27.2 Å². The monoisotopic (exact) mass is 352 g/mol. The minimum atomic E-state index is -0.277. The van der Waals surface area contributed by atoms with Gasteiger partial charge in [0.15, 0.2) is 5.15 Å². The second-order valence-electron chi connectivity index (χ2n) is 5.60. The Kier molecular flexibility index (Phi) is 4.95. The van der Waals surface area contributed by atoms with E-state index in [2.05, 4.69) is 15.6 Å². The van der Waals surface area contributed by atoms with Crippen molar-refractivity contribution in [2.75, 3.05) is 0 Å². The number of halogens is 1. The van der Waals surface area contributed by atoms with Gasteiger partial charge in [-0.1, -0.05) is 47.5 Å². The highest BCUT2D eigenvalue weighted by molar-refractivity contribution is 6.32. The van der Waals surface area contributed by atoms with Crippen LogP contribution in [0, 0.1) is 13.8 Å². The molecule has 3 aromatic rings. The van der Waals surface area contributed by atoms with Crippen LogP contribution in [0.2, 0.25) is 5.15 Å². The van der Waals surface area contributed by atoms with Gasteiger partial charge in [0.25, 0.3) is 5.91 Å². The molecule has 0 spiro atoms. The quantitative estimate of drug-likeness (QED) is 0.571. The van der Waals surface area contributed by atoms with Gasteiger partial charge in [-0.3, -0.25) is 4.79 Å². The molecule has 1 amide bonds. The zero-order valence-corrected chi connectivity index (χ0v) is 14.7. The lowest BCUT2D eigenvalue weighted by Gasteiger charge is -2.03. The largest absolute Gasteiger partial charge is 0.271 e. The van der Waals surface area contributed by atoms with Crippen molar-refractivity contribution in [3.63, 3.8) is 0 Å². The van der Waals surface area contributed by atoms with Crippen molar-refractivity contribution in [1.29, 1.82) is 0 Å². The lowest BCUT2D eigenvalue weighted by molar-refractivity contribution is 0.0955. The molecule has 0 radical (unpaired) electrons. The number of hydrogen-bond acceptors (Lipinski definition) is 3. The number of aromatic nitrogens is 2. The minimum Gasteiger partial charge on any atom is -0.267 e. The smallest absolute Gasteiger partial charge is 0.267 e. The van der Waals surface area contributed by atoms with Gasteiger partial charge >= 0.3 is 0 Å². The Morgan fingerprint density at radius 3 is 2.48 bits per heavy atom. The van der Waals surface area contributed by atoms with Gasteiger partial charge in [0.2, 0.25) is 0 Å². The maximum absolute atomic E-state index is 12.1. The summed E-state index contributed by atoms with van der Waals surface area (Å²) in [4.78, 5) is 12.1. The van der Waals surface area contributed by atoms with Crippen molar-refractivity contribution in [2.24, 2.45) is 5.10 Å². The average molecular weight is 353 g/mol. The number of amides is 1. The highest BCUT2D eigenvalue weighted by atomic mass is 35.5. The second kappa shape index (κ2) is 7.32. The number of nitrogens with one attached hydrogen (secondary N) is 1. The number of aryl methyl sites for hydroxylation is 1. The predicted molar refractivity (Wildman–Crippen MR) is 99.6 cm³/mol. The molecule has 3 rings (SSSR count). The molecule has 25 heavy (non-hydrogen) atoms. The first kappa shape index (κ1) is 16.9. The van der Waals surface area contributed by atoms with Gasteiger partial charge in [-0.05, 0) is 38.1 Å². The first-order chi connectivity index (χ1) is 12.1. The highest BCUT2D eigenvalue weighted by Crippen LogP contribution is 2.20.